The van der Waals surface area contributed by atoms with Crippen LogP contribution in [-0.2, 0) is 11.8 Å². The summed E-state index contributed by atoms with van der Waals surface area (Å²) in [5, 5.41) is 2.65. The van der Waals surface area contributed by atoms with Crippen LogP contribution in [0.4, 0.5) is 5.69 Å². The number of nitrogens with zero attached hydrogens (tertiary/aromatic N) is 1. The van der Waals surface area contributed by atoms with Crippen molar-refractivity contribution >= 4 is 17.7 Å². The molecule has 2 rings (SSSR count). The molecule has 0 fully saturated rings. The van der Waals surface area contributed by atoms with E-state index in [-0.39, 0.29) is 17.6 Å². The summed E-state index contributed by atoms with van der Waals surface area (Å²) in [6, 6.07) is 8.46. The third-order valence-corrected chi connectivity index (χ3v) is 3.35. The fourth-order valence-electron chi connectivity index (χ4n) is 2.12. The number of carbonyl (C=O) groups excluding carboxylic acids is 1. The number of aromatic nitrogens is 1. The summed E-state index contributed by atoms with van der Waals surface area (Å²) in [5.74, 6) is 0.928. The molecule has 0 aliphatic rings. The van der Waals surface area contributed by atoms with Gasteiger partial charge >= 0.3 is 0 Å². The lowest BCUT2D eigenvalue weighted by molar-refractivity contribution is -0.111. The second kappa shape index (κ2) is 8.19. The van der Waals surface area contributed by atoms with Gasteiger partial charge in [0.1, 0.15) is 0 Å². The number of methoxy groups -OCH3 is 1. The van der Waals surface area contributed by atoms with Crippen LogP contribution >= 0.6 is 0 Å². The van der Waals surface area contributed by atoms with E-state index in [2.05, 4.69) is 5.32 Å². The third kappa shape index (κ3) is 5.24. The summed E-state index contributed by atoms with van der Waals surface area (Å²) in [5.41, 5.74) is 1.07. The predicted molar refractivity (Wildman–Crippen MR) is 98.1 cm³/mol. The molecule has 0 atom stereocenters. The fraction of sp³-hybridized carbons (Fsp3) is 0.263. The Bertz CT molecular complexity index is 838. The average Bonchev–Trinajstić information content (AvgIpc) is 2.57. The first-order chi connectivity index (χ1) is 11.9. The molecule has 1 heterocycles. The predicted octanol–water partition coefficient (Wildman–Crippen LogP) is 2.83. The fourth-order valence-corrected chi connectivity index (χ4v) is 2.12. The van der Waals surface area contributed by atoms with Gasteiger partial charge in [0.15, 0.2) is 11.5 Å². The third-order valence-electron chi connectivity index (χ3n) is 3.35. The Morgan fingerprint density at radius 3 is 2.60 bits per heavy atom. The van der Waals surface area contributed by atoms with Gasteiger partial charge in [-0.2, -0.15) is 0 Å². The number of hydrogen-bond donors (Lipinski definition) is 1. The van der Waals surface area contributed by atoms with E-state index in [1.807, 2.05) is 19.9 Å². The van der Waals surface area contributed by atoms with Gasteiger partial charge in [-0.1, -0.05) is 6.07 Å². The average molecular weight is 342 g/mol. The maximum absolute atomic E-state index is 12.0. The van der Waals surface area contributed by atoms with Crippen LogP contribution in [0, 0.1) is 0 Å². The zero-order chi connectivity index (χ0) is 18.4. The highest BCUT2D eigenvalue weighted by atomic mass is 16.5. The molecule has 0 aliphatic carbocycles. The highest BCUT2D eigenvalue weighted by Crippen LogP contribution is 2.29. The monoisotopic (exact) mass is 342 g/mol. The summed E-state index contributed by atoms with van der Waals surface area (Å²) in [6.07, 6.45) is 4.70. The number of amides is 1. The van der Waals surface area contributed by atoms with Crippen molar-refractivity contribution in [3.63, 3.8) is 0 Å². The molecule has 0 unspecified atom stereocenters. The number of aryl methyl sites for hydroxylation is 1. The lowest BCUT2D eigenvalue weighted by atomic mass is 10.2. The standard InChI is InChI=1S/C19H22N2O4/c1-13(2)25-16-7-5-14(11-17(16)24-4)6-8-18(22)20-15-9-10-21(3)19(23)12-15/h5-13H,1-4H3,(H,20,22)/b8-6+. The number of pyridine rings is 1. The lowest BCUT2D eigenvalue weighted by Gasteiger charge is -2.13. The quantitative estimate of drug-likeness (QED) is 0.820. The van der Waals surface area contributed by atoms with Crippen molar-refractivity contribution in [2.24, 2.45) is 7.05 Å². The van der Waals surface area contributed by atoms with Gasteiger partial charge in [0.25, 0.3) is 5.56 Å². The maximum Gasteiger partial charge on any atom is 0.252 e. The first-order valence-corrected chi connectivity index (χ1v) is 7.89. The van der Waals surface area contributed by atoms with E-state index in [4.69, 9.17) is 9.47 Å². The largest absolute Gasteiger partial charge is 0.493 e. The Kier molecular flexibility index (Phi) is 6.00. The first kappa shape index (κ1) is 18.3. The molecule has 0 spiro atoms. The van der Waals surface area contributed by atoms with E-state index >= 15 is 0 Å². The molecule has 1 aromatic heterocycles. The number of rotatable bonds is 6. The smallest absolute Gasteiger partial charge is 0.252 e. The van der Waals surface area contributed by atoms with Crippen molar-refractivity contribution in [3.05, 3.63) is 58.5 Å². The van der Waals surface area contributed by atoms with Gasteiger partial charge in [-0.3, -0.25) is 9.59 Å². The van der Waals surface area contributed by atoms with Crippen molar-refractivity contribution < 1.29 is 14.3 Å². The molecule has 0 aliphatic heterocycles. The molecule has 1 aromatic carbocycles. The van der Waals surface area contributed by atoms with Crippen LogP contribution in [0.1, 0.15) is 19.4 Å². The molecule has 1 amide bonds. The topological polar surface area (TPSA) is 69.6 Å². The van der Waals surface area contributed by atoms with Crippen LogP contribution < -0.4 is 20.3 Å². The van der Waals surface area contributed by atoms with E-state index in [1.54, 1.807) is 44.6 Å². The Morgan fingerprint density at radius 1 is 1.20 bits per heavy atom. The zero-order valence-corrected chi connectivity index (χ0v) is 14.8. The van der Waals surface area contributed by atoms with Crippen LogP contribution in [0.5, 0.6) is 11.5 Å². The van der Waals surface area contributed by atoms with Crippen LogP contribution in [0.2, 0.25) is 0 Å². The Morgan fingerprint density at radius 2 is 1.96 bits per heavy atom. The number of ether oxygens (including phenoxy) is 2. The van der Waals surface area contributed by atoms with Crippen LogP contribution in [-0.4, -0.2) is 23.7 Å². The minimum Gasteiger partial charge on any atom is -0.493 e. The summed E-state index contributed by atoms with van der Waals surface area (Å²) in [7, 11) is 3.21. The van der Waals surface area contributed by atoms with Gasteiger partial charge in [0.05, 0.1) is 13.2 Å². The molecule has 25 heavy (non-hydrogen) atoms. The normalized spacial score (nSPS) is 10.9. The minimum atomic E-state index is -0.324. The molecule has 2 aromatic rings. The van der Waals surface area contributed by atoms with Gasteiger partial charge in [0.2, 0.25) is 5.91 Å². The summed E-state index contributed by atoms with van der Waals surface area (Å²) < 4.78 is 12.4. The molecular formula is C19H22N2O4. The van der Waals surface area contributed by atoms with E-state index in [9.17, 15) is 9.59 Å². The molecule has 0 bridgehead atoms. The van der Waals surface area contributed by atoms with Crippen LogP contribution in [0.3, 0.4) is 0 Å². The minimum absolute atomic E-state index is 0.0413. The number of benzene rings is 1. The maximum atomic E-state index is 12.0. The molecule has 6 nitrogen and oxygen atoms in total. The van der Waals surface area contributed by atoms with Gasteiger partial charge in [-0.05, 0) is 43.7 Å². The van der Waals surface area contributed by atoms with Gasteiger partial charge in [0, 0.05) is 31.1 Å². The summed E-state index contributed by atoms with van der Waals surface area (Å²) >= 11 is 0. The Balaban J connectivity index is 2.08. The van der Waals surface area contributed by atoms with Gasteiger partial charge in [-0.15, -0.1) is 0 Å². The zero-order valence-electron chi connectivity index (χ0n) is 14.8. The molecule has 0 saturated heterocycles. The molecule has 0 saturated carbocycles. The number of hydrogen-bond acceptors (Lipinski definition) is 4. The van der Waals surface area contributed by atoms with Crippen molar-refractivity contribution in [2.75, 3.05) is 12.4 Å². The summed E-state index contributed by atoms with van der Waals surface area (Å²) in [6.45, 7) is 3.88. The lowest BCUT2D eigenvalue weighted by Crippen LogP contribution is -2.17. The van der Waals surface area contributed by atoms with E-state index in [0.717, 1.165) is 5.56 Å². The second-order valence-corrected chi connectivity index (χ2v) is 5.76. The molecule has 0 radical (unpaired) electrons. The van der Waals surface area contributed by atoms with Gasteiger partial charge < -0.3 is 19.4 Å². The highest BCUT2D eigenvalue weighted by Gasteiger charge is 2.07. The van der Waals surface area contributed by atoms with E-state index in [0.29, 0.717) is 17.2 Å². The van der Waals surface area contributed by atoms with Crippen LogP contribution in [0.15, 0.2) is 47.4 Å². The Labute approximate surface area is 146 Å². The van der Waals surface area contributed by atoms with Gasteiger partial charge in [-0.25, -0.2) is 0 Å². The van der Waals surface area contributed by atoms with Crippen molar-refractivity contribution in [3.8, 4) is 11.5 Å². The molecule has 6 heteroatoms. The van der Waals surface area contributed by atoms with Crippen molar-refractivity contribution in [1.82, 2.24) is 4.57 Å². The Hall–Kier alpha value is -3.02. The van der Waals surface area contributed by atoms with E-state index in [1.165, 1.54) is 16.7 Å². The number of nitrogens with one attached hydrogen (secondary N) is 1. The van der Waals surface area contributed by atoms with Crippen molar-refractivity contribution in [1.29, 1.82) is 0 Å². The number of anilines is 1. The first-order valence-electron chi connectivity index (χ1n) is 7.89. The second-order valence-electron chi connectivity index (χ2n) is 5.76. The molecule has 1 N–H and O–H groups in total. The van der Waals surface area contributed by atoms with Crippen LogP contribution in [0.25, 0.3) is 6.08 Å². The number of carbonyl (C=O) groups is 1. The summed E-state index contributed by atoms with van der Waals surface area (Å²) in [4.78, 5) is 23.5. The molecular weight excluding hydrogens is 320 g/mol. The van der Waals surface area contributed by atoms with E-state index < -0.39 is 0 Å². The highest BCUT2D eigenvalue weighted by molar-refractivity contribution is 6.01. The van der Waals surface area contributed by atoms with Crippen molar-refractivity contribution in [2.45, 2.75) is 20.0 Å². The SMILES string of the molecule is COc1cc(/C=C/C(=O)Nc2ccn(C)c(=O)c2)ccc1OC(C)C. The molecule has 132 valence electrons.